The summed E-state index contributed by atoms with van der Waals surface area (Å²) >= 11 is 1.28. The van der Waals surface area contributed by atoms with Gasteiger partial charge in [-0.3, -0.25) is 9.52 Å². The van der Waals surface area contributed by atoms with Gasteiger partial charge >= 0.3 is 0 Å². The lowest BCUT2D eigenvalue weighted by atomic mass is 10.3. The van der Waals surface area contributed by atoms with Crippen LogP contribution >= 0.6 is 11.3 Å². The van der Waals surface area contributed by atoms with E-state index in [1.54, 1.807) is 6.92 Å². The Kier molecular flexibility index (Phi) is 5.43. The van der Waals surface area contributed by atoms with Crippen molar-refractivity contribution in [3.05, 3.63) is 69.7 Å². The zero-order chi connectivity index (χ0) is 20.5. The third-order valence-corrected chi connectivity index (χ3v) is 6.16. The molecule has 6 nitrogen and oxygen atoms in total. The van der Waals surface area contributed by atoms with E-state index in [2.05, 4.69) is 15.0 Å². The number of amides is 1. The van der Waals surface area contributed by atoms with Crippen molar-refractivity contribution in [1.82, 2.24) is 4.98 Å². The van der Waals surface area contributed by atoms with Crippen molar-refractivity contribution < 1.29 is 22.0 Å². The fraction of sp³-hybridized carbons (Fsp3) is 0.111. The van der Waals surface area contributed by atoms with Crippen molar-refractivity contribution in [1.29, 1.82) is 0 Å². The highest BCUT2D eigenvalue weighted by atomic mass is 32.2. The van der Waals surface area contributed by atoms with Crippen LogP contribution in [-0.2, 0) is 10.0 Å². The monoisotopic (exact) mass is 423 g/mol. The van der Waals surface area contributed by atoms with Crippen molar-refractivity contribution in [2.45, 2.75) is 18.7 Å². The van der Waals surface area contributed by atoms with Crippen LogP contribution in [0.3, 0.4) is 0 Å². The topological polar surface area (TPSA) is 88.2 Å². The number of thiazole rings is 1. The molecule has 3 aromatic rings. The fourth-order valence-corrected chi connectivity index (χ4v) is 4.29. The lowest BCUT2D eigenvalue weighted by Crippen LogP contribution is -2.14. The third-order valence-electron chi connectivity index (χ3n) is 3.71. The Labute approximate surface area is 164 Å². The van der Waals surface area contributed by atoms with Crippen molar-refractivity contribution in [2.24, 2.45) is 0 Å². The molecule has 0 fully saturated rings. The SMILES string of the molecule is Cc1nc(C)c(C(=O)Nc2ccc(NS(=O)(=O)c3ccc(F)c(F)c3)cc2)s1. The number of nitrogens with zero attached hydrogens (tertiary/aromatic N) is 1. The van der Waals surface area contributed by atoms with Crippen LogP contribution in [0.15, 0.2) is 47.4 Å². The number of nitrogens with one attached hydrogen (secondary N) is 2. The molecule has 2 aromatic carbocycles. The smallest absolute Gasteiger partial charge is 0.267 e. The molecule has 1 aromatic heterocycles. The molecule has 0 radical (unpaired) electrons. The molecule has 1 heterocycles. The second-order valence-electron chi connectivity index (χ2n) is 5.86. The minimum absolute atomic E-state index is 0.201. The largest absolute Gasteiger partial charge is 0.321 e. The second-order valence-corrected chi connectivity index (χ2v) is 8.75. The van der Waals surface area contributed by atoms with E-state index >= 15 is 0 Å². The Bertz CT molecular complexity index is 1140. The van der Waals surface area contributed by atoms with E-state index in [0.29, 0.717) is 22.3 Å². The Morgan fingerprint density at radius 2 is 1.64 bits per heavy atom. The second kappa shape index (κ2) is 7.64. The number of aryl methyl sites for hydroxylation is 2. The maximum Gasteiger partial charge on any atom is 0.267 e. The molecule has 0 atom stereocenters. The zero-order valence-electron chi connectivity index (χ0n) is 14.8. The van der Waals surface area contributed by atoms with Crippen LogP contribution in [0.2, 0.25) is 0 Å². The van der Waals surface area contributed by atoms with E-state index in [9.17, 15) is 22.0 Å². The molecule has 146 valence electrons. The molecule has 2 N–H and O–H groups in total. The van der Waals surface area contributed by atoms with Gasteiger partial charge < -0.3 is 5.32 Å². The molecule has 28 heavy (non-hydrogen) atoms. The van der Waals surface area contributed by atoms with Crippen molar-refractivity contribution >= 4 is 38.6 Å². The van der Waals surface area contributed by atoms with Crippen LogP contribution in [0.25, 0.3) is 0 Å². The van der Waals surface area contributed by atoms with Gasteiger partial charge in [0.1, 0.15) is 4.88 Å². The number of hydrogen-bond acceptors (Lipinski definition) is 5. The van der Waals surface area contributed by atoms with Gasteiger partial charge in [0.15, 0.2) is 11.6 Å². The minimum Gasteiger partial charge on any atom is -0.321 e. The number of rotatable bonds is 5. The normalized spacial score (nSPS) is 11.3. The van der Waals surface area contributed by atoms with Crippen LogP contribution in [-0.4, -0.2) is 19.3 Å². The predicted molar refractivity (Wildman–Crippen MR) is 103 cm³/mol. The molecule has 0 spiro atoms. The van der Waals surface area contributed by atoms with Gasteiger partial charge in [0.25, 0.3) is 15.9 Å². The number of aromatic nitrogens is 1. The number of sulfonamides is 1. The lowest BCUT2D eigenvalue weighted by Gasteiger charge is -2.10. The summed E-state index contributed by atoms with van der Waals surface area (Å²) in [5.41, 5.74) is 1.30. The van der Waals surface area contributed by atoms with E-state index in [4.69, 9.17) is 0 Å². The number of carbonyl (C=O) groups is 1. The average Bonchev–Trinajstić information content (AvgIpc) is 2.97. The standard InChI is InChI=1S/C18H15F2N3O3S2/c1-10-17(27-11(2)21-10)18(24)22-12-3-5-13(6-4-12)23-28(25,26)14-7-8-15(19)16(20)9-14/h3-9,23H,1-2H3,(H,22,24). The molecule has 0 unspecified atom stereocenters. The summed E-state index contributed by atoms with van der Waals surface area (Å²) in [5, 5.41) is 3.49. The first kappa shape index (κ1) is 19.9. The van der Waals surface area contributed by atoms with Gasteiger partial charge in [0.2, 0.25) is 0 Å². The van der Waals surface area contributed by atoms with Gasteiger partial charge in [0.05, 0.1) is 15.6 Å². The number of halogens is 2. The molecule has 0 saturated carbocycles. The fourth-order valence-electron chi connectivity index (χ4n) is 2.41. The average molecular weight is 423 g/mol. The van der Waals surface area contributed by atoms with Gasteiger partial charge in [0, 0.05) is 11.4 Å². The first-order valence-corrected chi connectivity index (χ1v) is 10.3. The van der Waals surface area contributed by atoms with E-state index < -0.39 is 26.6 Å². The number of hydrogen-bond donors (Lipinski definition) is 2. The summed E-state index contributed by atoms with van der Waals surface area (Å²) < 4.78 is 53.1. The molecule has 0 aliphatic heterocycles. The Balaban J connectivity index is 1.72. The van der Waals surface area contributed by atoms with Crippen LogP contribution in [0.4, 0.5) is 20.2 Å². The zero-order valence-corrected chi connectivity index (χ0v) is 16.4. The van der Waals surface area contributed by atoms with Crippen LogP contribution < -0.4 is 10.0 Å². The van der Waals surface area contributed by atoms with Gasteiger partial charge in [-0.15, -0.1) is 11.3 Å². The first-order chi connectivity index (χ1) is 13.2. The molecule has 1 amide bonds. The summed E-state index contributed by atoms with van der Waals surface area (Å²) in [6, 6.07) is 8.23. The van der Waals surface area contributed by atoms with E-state index in [-0.39, 0.29) is 11.6 Å². The maximum atomic E-state index is 13.3. The predicted octanol–water partition coefficient (Wildman–Crippen LogP) is 4.09. The van der Waals surface area contributed by atoms with Crippen molar-refractivity contribution in [3.63, 3.8) is 0 Å². The van der Waals surface area contributed by atoms with Gasteiger partial charge in [-0.25, -0.2) is 22.2 Å². The molecular weight excluding hydrogens is 408 g/mol. The summed E-state index contributed by atoms with van der Waals surface area (Å²) in [6.45, 7) is 3.55. The Morgan fingerprint density at radius 3 is 2.21 bits per heavy atom. The molecule has 10 heteroatoms. The van der Waals surface area contributed by atoms with E-state index in [1.807, 2.05) is 6.92 Å². The Morgan fingerprint density at radius 1 is 1.00 bits per heavy atom. The quantitative estimate of drug-likeness (QED) is 0.647. The first-order valence-electron chi connectivity index (χ1n) is 7.99. The molecule has 0 aliphatic carbocycles. The summed E-state index contributed by atoms with van der Waals surface area (Å²) in [7, 11) is -4.08. The lowest BCUT2D eigenvalue weighted by molar-refractivity contribution is 0.103. The van der Waals surface area contributed by atoms with Crippen LogP contribution in [0.1, 0.15) is 20.4 Å². The molecule has 3 rings (SSSR count). The third kappa shape index (κ3) is 4.34. The van der Waals surface area contributed by atoms with Gasteiger partial charge in [-0.05, 0) is 56.3 Å². The highest BCUT2D eigenvalue weighted by Gasteiger charge is 2.17. The maximum absolute atomic E-state index is 13.3. The van der Waals surface area contributed by atoms with Crippen LogP contribution in [0.5, 0.6) is 0 Å². The van der Waals surface area contributed by atoms with E-state index in [0.717, 1.165) is 17.1 Å². The van der Waals surface area contributed by atoms with Gasteiger partial charge in [-0.1, -0.05) is 0 Å². The molecule has 0 saturated heterocycles. The van der Waals surface area contributed by atoms with E-state index in [1.165, 1.54) is 35.6 Å². The molecule has 0 bridgehead atoms. The number of carbonyl (C=O) groups excluding carboxylic acids is 1. The highest BCUT2D eigenvalue weighted by Crippen LogP contribution is 2.22. The Hall–Kier alpha value is -2.85. The molecular formula is C18H15F2N3O3S2. The summed E-state index contributed by atoms with van der Waals surface area (Å²) in [5.74, 6) is -2.70. The number of anilines is 2. The minimum atomic E-state index is -4.08. The highest BCUT2D eigenvalue weighted by molar-refractivity contribution is 7.92. The van der Waals surface area contributed by atoms with Crippen LogP contribution in [0, 0.1) is 25.5 Å². The molecule has 0 aliphatic rings. The van der Waals surface area contributed by atoms with Crippen molar-refractivity contribution in [2.75, 3.05) is 10.0 Å². The van der Waals surface area contributed by atoms with Gasteiger partial charge in [-0.2, -0.15) is 0 Å². The van der Waals surface area contributed by atoms with Crippen molar-refractivity contribution in [3.8, 4) is 0 Å². The number of benzene rings is 2. The summed E-state index contributed by atoms with van der Waals surface area (Å²) in [4.78, 5) is 16.6. The summed E-state index contributed by atoms with van der Waals surface area (Å²) in [6.07, 6.45) is 0.